The van der Waals surface area contributed by atoms with Crippen LogP contribution >= 0.6 is 0 Å². The maximum absolute atomic E-state index is 13.5. The molecule has 0 spiro atoms. The Labute approximate surface area is 109 Å². The van der Waals surface area contributed by atoms with E-state index in [1.54, 1.807) is 6.92 Å². The lowest BCUT2D eigenvalue weighted by atomic mass is 9.99. The summed E-state index contributed by atoms with van der Waals surface area (Å²) in [7, 11) is 0. The maximum Gasteiger partial charge on any atom is 0.129 e. The van der Waals surface area contributed by atoms with Crippen molar-refractivity contribution in [2.24, 2.45) is 0 Å². The molecule has 1 atom stereocenters. The smallest absolute Gasteiger partial charge is 0.129 e. The fourth-order valence-corrected chi connectivity index (χ4v) is 1.91. The highest BCUT2D eigenvalue weighted by Gasteiger charge is 2.16. The largest absolute Gasteiger partial charge is 0.388 e. The van der Waals surface area contributed by atoms with E-state index in [0.29, 0.717) is 11.1 Å². The van der Waals surface area contributed by atoms with E-state index in [1.165, 1.54) is 24.3 Å². The summed E-state index contributed by atoms with van der Waals surface area (Å²) in [6, 6.07) is 7.65. The minimum Gasteiger partial charge on any atom is -0.388 e. The van der Waals surface area contributed by atoms with E-state index < -0.39 is 17.7 Å². The molecule has 2 rings (SSSR count). The molecule has 2 aromatic rings. The topological polar surface area (TPSA) is 20.2 Å². The molecule has 1 unspecified atom stereocenters. The van der Waals surface area contributed by atoms with E-state index in [9.17, 15) is 18.3 Å². The maximum atomic E-state index is 13.5. The molecule has 0 radical (unpaired) electrons. The van der Waals surface area contributed by atoms with Crippen molar-refractivity contribution >= 4 is 0 Å². The summed E-state index contributed by atoms with van der Waals surface area (Å²) in [5.74, 6) is -1.77. The summed E-state index contributed by atoms with van der Waals surface area (Å²) in [6.45, 7) is 1.56. The zero-order valence-electron chi connectivity index (χ0n) is 10.3. The molecule has 4 heteroatoms. The predicted molar refractivity (Wildman–Crippen MR) is 66.2 cm³/mol. The molecule has 19 heavy (non-hydrogen) atoms. The second-order valence-corrected chi connectivity index (χ2v) is 4.43. The van der Waals surface area contributed by atoms with E-state index in [1.807, 2.05) is 0 Å². The van der Waals surface area contributed by atoms with Gasteiger partial charge in [-0.2, -0.15) is 0 Å². The second-order valence-electron chi connectivity index (χ2n) is 4.43. The standard InChI is InChI=1S/C15H13F3O/c1-9-7-10(5-6-12(9)16)15(19)8-11-13(17)3-2-4-14(11)18/h2-7,15,19H,8H2,1H3. The molecular formula is C15H13F3O. The first kappa shape index (κ1) is 13.6. The number of hydrogen-bond donors (Lipinski definition) is 1. The molecule has 2 aromatic carbocycles. The van der Waals surface area contributed by atoms with Gasteiger partial charge in [-0.1, -0.05) is 18.2 Å². The van der Waals surface area contributed by atoms with E-state index in [0.717, 1.165) is 12.1 Å². The molecule has 0 aliphatic carbocycles. The van der Waals surface area contributed by atoms with E-state index in [2.05, 4.69) is 0 Å². The number of aryl methyl sites for hydroxylation is 1. The average Bonchev–Trinajstić information content (AvgIpc) is 2.37. The van der Waals surface area contributed by atoms with Gasteiger partial charge in [-0.3, -0.25) is 0 Å². The number of rotatable bonds is 3. The van der Waals surface area contributed by atoms with Gasteiger partial charge in [-0.25, -0.2) is 13.2 Å². The third-order valence-corrected chi connectivity index (χ3v) is 3.03. The molecular weight excluding hydrogens is 253 g/mol. The van der Waals surface area contributed by atoms with Crippen LogP contribution in [-0.2, 0) is 6.42 Å². The van der Waals surface area contributed by atoms with Crippen LogP contribution in [0.15, 0.2) is 36.4 Å². The molecule has 1 N–H and O–H groups in total. The van der Waals surface area contributed by atoms with Crippen molar-refractivity contribution in [3.8, 4) is 0 Å². The van der Waals surface area contributed by atoms with E-state index >= 15 is 0 Å². The first-order chi connectivity index (χ1) is 8.99. The molecule has 0 aromatic heterocycles. The van der Waals surface area contributed by atoms with Crippen LogP contribution in [0.2, 0.25) is 0 Å². The van der Waals surface area contributed by atoms with Crippen LogP contribution in [0.1, 0.15) is 22.8 Å². The van der Waals surface area contributed by atoms with Crippen LogP contribution in [0.4, 0.5) is 13.2 Å². The number of halogens is 3. The van der Waals surface area contributed by atoms with Gasteiger partial charge in [-0.05, 0) is 36.2 Å². The van der Waals surface area contributed by atoms with E-state index in [-0.39, 0.29) is 17.8 Å². The predicted octanol–water partition coefficient (Wildman–Crippen LogP) is 3.69. The number of aliphatic hydroxyl groups excluding tert-OH is 1. The Morgan fingerprint density at radius 2 is 1.63 bits per heavy atom. The van der Waals surface area contributed by atoms with Crippen LogP contribution in [0, 0.1) is 24.4 Å². The molecule has 0 bridgehead atoms. The molecule has 100 valence electrons. The Kier molecular flexibility index (Phi) is 3.90. The van der Waals surface area contributed by atoms with Gasteiger partial charge in [0.1, 0.15) is 17.5 Å². The lowest BCUT2D eigenvalue weighted by Gasteiger charge is -2.13. The van der Waals surface area contributed by atoms with Crippen molar-refractivity contribution < 1.29 is 18.3 Å². The molecule has 0 heterocycles. The Hall–Kier alpha value is -1.81. The molecule has 0 saturated carbocycles. The zero-order chi connectivity index (χ0) is 14.0. The molecule has 1 nitrogen and oxygen atoms in total. The molecule has 0 aliphatic heterocycles. The Morgan fingerprint density at radius 1 is 1.00 bits per heavy atom. The van der Waals surface area contributed by atoms with Gasteiger partial charge in [0.05, 0.1) is 6.10 Å². The first-order valence-corrected chi connectivity index (χ1v) is 5.86. The average molecular weight is 266 g/mol. The van der Waals surface area contributed by atoms with Gasteiger partial charge in [0, 0.05) is 12.0 Å². The summed E-state index contributed by atoms with van der Waals surface area (Å²) >= 11 is 0. The number of aliphatic hydroxyl groups is 1. The molecule has 0 saturated heterocycles. The number of benzene rings is 2. The first-order valence-electron chi connectivity index (χ1n) is 5.86. The summed E-state index contributed by atoms with van der Waals surface area (Å²) in [5, 5.41) is 9.98. The summed E-state index contributed by atoms with van der Waals surface area (Å²) in [5.41, 5.74) is 0.643. The van der Waals surface area contributed by atoms with Crippen molar-refractivity contribution in [2.75, 3.05) is 0 Å². The summed E-state index contributed by atoms with van der Waals surface area (Å²) in [4.78, 5) is 0. The monoisotopic (exact) mass is 266 g/mol. The molecule has 0 aliphatic rings. The zero-order valence-corrected chi connectivity index (χ0v) is 10.3. The fourth-order valence-electron chi connectivity index (χ4n) is 1.91. The summed E-state index contributed by atoms with van der Waals surface area (Å²) < 4.78 is 40.0. The van der Waals surface area contributed by atoms with Crippen molar-refractivity contribution in [3.05, 3.63) is 70.5 Å². The highest BCUT2D eigenvalue weighted by atomic mass is 19.1. The van der Waals surface area contributed by atoms with E-state index in [4.69, 9.17) is 0 Å². The Morgan fingerprint density at radius 3 is 2.21 bits per heavy atom. The third kappa shape index (κ3) is 2.96. The third-order valence-electron chi connectivity index (χ3n) is 3.03. The SMILES string of the molecule is Cc1cc(C(O)Cc2c(F)cccc2F)ccc1F. The van der Waals surface area contributed by atoms with Gasteiger partial charge in [0.25, 0.3) is 0 Å². The van der Waals surface area contributed by atoms with Crippen LogP contribution < -0.4 is 0 Å². The van der Waals surface area contributed by atoms with Gasteiger partial charge in [0.2, 0.25) is 0 Å². The highest BCUT2D eigenvalue weighted by molar-refractivity contribution is 5.28. The summed E-state index contributed by atoms with van der Waals surface area (Å²) in [6.07, 6.45) is -1.27. The molecule has 0 amide bonds. The Bertz CT molecular complexity index is 576. The van der Waals surface area contributed by atoms with Gasteiger partial charge in [-0.15, -0.1) is 0 Å². The van der Waals surface area contributed by atoms with Crippen molar-refractivity contribution in [1.29, 1.82) is 0 Å². The van der Waals surface area contributed by atoms with Gasteiger partial charge >= 0.3 is 0 Å². The minimum absolute atomic E-state index is 0.169. The van der Waals surface area contributed by atoms with Crippen molar-refractivity contribution in [2.45, 2.75) is 19.4 Å². The van der Waals surface area contributed by atoms with Crippen LogP contribution in [0.5, 0.6) is 0 Å². The highest BCUT2D eigenvalue weighted by Crippen LogP contribution is 2.23. The fraction of sp³-hybridized carbons (Fsp3) is 0.200. The van der Waals surface area contributed by atoms with Gasteiger partial charge < -0.3 is 5.11 Å². The van der Waals surface area contributed by atoms with Crippen molar-refractivity contribution in [1.82, 2.24) is 0 Å². The second kappa shape index (κ2) is 5.45. The minimum atomic E-state index is -1.08. The van der Waals surface area contributed by atoms with Gasteiger partial charge in [0.15, 0.2) is 0 Å². The van der Waals surface area contributed by atoms with Crippen LogP contribution in [-0.4, -0.2) is 5.11 Å². The van der Waals surface area contributed by atoms with Crippen LogP contribution in [0.25, 0.3) is 0 Å². The Balaban J connectivity index is 2.25. The van der Waals surface area contributed by atoms with Crippen molar-refractivity contribution in [3.63, 3.8) is 0 Å². The van der Waals surface area contributed by atoms with Crippen LogP contribution in [0.3, 0.4) is 0 Å². The normalized spacial score (nSPS) is 12.5. The quantitative estimate of drug-likeness (QED) is 0.898. The molecule has 0 fully saturated rings. The number of hydrogen-bond acceptors (Lipinski definition) is 1. The lowest BCUT2D eigenvalue weighted by molar-refractivity contribution is 0.175. The lowest BCUT2D eigenvalue weighted by Crippen LogP contribution is -2.06.